The second-order valence-corrected chi connectivity index (χ2v) is 6.25. The van der Waals surface area contributed by atoms with Crippen LogP contribution < -0.4 is 5.32 Å². The van der Waals surface area contributed by atoms with Crippen LogP contribution in [0.4, 0.5) is 4.39 Å². The van der Waals surface area contributed by atoms with Crippen LogP contribution in [-0.2, 0) is 0 Å². The molecule has 0 radical (unpaired) electrons. The molecular weight excluding hydrogens is 493 g/mol. The summed E-state index contributed by atoms with van der Waals surface area (Å²) >= 11 is 2.21. The van der Waals surface area contributed by atoms with E-state index in [4.69, 9.17) is 0 Å². The van der Waals surface area contributed by atoms with Gasteiger partial charge in [-0.25, -0.2) is 9.37 Å². The van der Waals surface area contributed by atoms with E-state index >= 15 is 0 Å². The first-order chi connectivity index (χ1) is 11.6. The fourth-order valence-electron chi connectivity index (χ4n) is 2.08. The topological polar surface area (TPSA) is 58.1 Å². The molecule has 0 saturated heterocycles. The first kappa shape index (κ1) is 24.8. The Morgan fingerprint density at radius 2 is 2.08 bits per heavy atom. The smallest absolute Gasteiger partial charge is 0.271 e. The van der Waals surface area contributed by atoms with Crippen molar-refractivity contribution < 1.29 is 9.18 Å². The number of rotatable bonds is 6. The number of carbonyl (C=O) groups is 1. The summed E-state index contributed by atoms with van der Waals surface area (Å²) in [6.45, 7) is 3.75. The molecule has 0 aliphatic rings. The van der Waals surface area contributed by atoms with E-state index in [1.54, 1.807) is 0 Å². The monoisotopic (exact) mass is 512 g/mol. The molecule has 0 saturated carbocycles. The number of halogens is 4. The van der Waals surface area contributed by atoms with Crippen LogP contribution in [0.1, 0.15) is 17.4 Å². The van der Waals surface area contributed by atoms with Gasteiger partial charge >= 0.3 is 0 Å². The van der Waals surface area contributed by atoms with E-state index in [1.807, 2.05) is 30.0 Å². The van der Waals surface area contributed by atoms with Crippen LogP contribution in [0.2, 0.25) is 0 Å². The lowest BCUT2D eigenvalue weighted by atomic mass is 10.3. The van der Waals surface area contributed by atoms with Gasteiger partial charge in [0.1, 0.15) is 12.4 Å². The van der Waals surface area contributed by atoms with Gasteiger partial charge in [-0.15, -0.1) is 24.8 Å². The Morgan fingerprint density at radius 1 is 1.31 bits per heavy atom. The molecule has 5 nitrogen and oxygen atoms in total. The quantitative estimate of drug-likeness (QED) is 0.477. The second kappa shape index (κ2) is 13.0. The Morgan fingerprint density at radius 3 is 2.77 bits per heavy atom. The summed E-state index contributed by atoms with van der Waals surface area (Å²) in [5, 5.41) is 2.82. The molecule has 0 bridgehead atoms. The Balaban J connectivity index is 0.00000312. The van der Waals surface area contributed by atoms with E-state index in [9.17, 15) is 9.18 Å². The zero-order chi connectivity index (χ0) is 17.4. The minimum atomic E-state index is -0.631. The lowest BCUT2D eigenvalue weighted by Gasteiger charge is -2.17. The number of fused-ring (bicyclic) bond motifs is 1. The van der Waals surface area contributed by atoms with E-state index in [2.05, 4.69) is 49.7 Å². The number of aromatic nitrogens is 2. The molecule has 142 valence electrons. The highest BCUT2D eigenvalue weighted by molar-refractivity contribution is 14.1. The molecule has 0 spiro atoms. The van der Waals surface area contributed by atoms with E-state index in [-0.39, 0.29) is 30.7 Å². The zero-order valence-corrected chi connectivity index (χ0v) is 18.0. The Hall–Kier alpha value is -1.21. The number of alkyl halides is 1. The maximum absolute atomic E-state index is 12.2. The Bertz CT molecular complexity index is 782. The third kappa shape index (κ3) is 7.58. The summed E-state index contributed by atoms with van der Waals surface area (Å²) < 4.78 is 13.0. The highest BCUT2D eigenvalue weighted by Crippen LogP contribution is 2.13. The number of hydrogen-bond acceptors (Lipinski definition) is 4. The van der Waals surface area contributed by atoms with E-state index < -0.39 is 6.67 Å². The fourth-order valence-corrected chi connectivity index (χ4v) is 2.55. The highest BCUT2D eigenvalue weighted by atomic mass is 127. The summed E-state index contributed by atoms with van der Waals surface area (Å²) in [6.07, 6.45) is 1.48. The number of nitrogens with zero attached hydrogens (tertiary/aromatic N) is 3. The maximum Gasteiger partial charge on any atom is 0.271 e. The van der Waals surface area contributed by atoms with Gasteiger partial charge in [0.25, 0.3) is 5.91 Å². The average Bonchev–Trinajstić information content (AvgIpc) is 2.59. The van der Waals surface area contributed by atoms with Gasteiger partial charge in [-0.2, -0.15) is 0 Å². The molecule has 0 atom stereocenters. The lowest BCUT2D eigenvalue weighted by Crippen LogP contribution is -2.35. The van der Waals surface area contributed by atoms with Crippen molar-refractivity contribution in [2.75, 3.05) is 32.9 Å². The van der Waals surface area contributed by atoms with Gasteiger partial charge in [-0.05, 0) is 47.3 Å². The summed E-state index contributed by atoms with van der Waals surface area (Å²) in [7, 11) is 0. The standard InChI is InChI=1S/C17H18FIN4O.2ClH/c1-2-23(9-4-3-7-18)10-8-20-17(24)16-12-21-15-11-13(19)5-6-14(15)22-16;;/h5-6,11-12H,2,7-10H2,1H3,(H,20,24);2*1H. The molecule has 2 rings (SSSR count). The van der Waals surface area contributed by atoms with Crippen LogP contribution in [0.15, 0.2) is 24.4 Å². The number of benzene rings is 1. The van der Waals surface area contributed by atoms with Gasteiger partial charge in [0, 0.05) is 16.7 Å². The molecule has 0 unspecified atom stereocenters. The summed E-state index contributed by atoms with van der Waals surface area (Å²) in [5.41, 5.74) is 1.76. The largest absolute Gasteiger partial charge is 0.349 e. The summed E-state index contributed by atoms with van der Waals surface area (Å²) in [5.74, 6) is 4.88. The molecular formula is C17H20Cl2FIN4O. The van der Waals surface area contributed by atoms with Crippen LogP contribution in [0.3, 0.4) is 0 Å². The predicted octanol–water partition coefficient (Wildman–Crippen LogP) is 3.10. The molecule has 1 amide bonds. The van der Waals surface area contributed by atoms with Gasteiger partial charge in [0.05, 0.1) is 23.8 Å². The number of carbonyl (C=O) groups excluding carboxylic acids is 1. The number of likely N-dealkylation sites (N-methyl/N-ethyl adjacent to an activating group) is 1. The van der Waals surface area contributed by atoms with Gasteiger partial charge in [-0.3, -0.25) is 14.7 Å². The Kier molecular flexibility index (Phi) is 12.4. The van der Waals surface area contributed by atoms with Crippen molar-refractivity contribution in [2.45, 2.75) is 6.92 Å². The molecule has 9 heteroatoms. The first-order valence-electron chi connectivity index (χ1n) is 7.58. The number of amides is 1. The molecule has 1 heterocycles. The Labute approximate surface area is 178 Å². The third-order valence-electron chi connectivity index (χ3n) is 3.39. The third-order valence-corrected chi connectivity index (χ3v) is 4.06. The van der Waals surface area contributed by atoms with Crippen molar-refractivity contribution in [1.82, 2.24) is 20.2 Å². The van der Waals surface area contributed by atoms with Crippen LogP contribution in [-0.4, -0.2) is 53.6 Å². The predicted molar refractivity (Wildman–Crippen MR) is 115 cm³/mol. The lowest BCUT2D eigenvalue weighted by molar-refractivity contribution is 0.0944. The van der Waals surface area contributed by atoms with Crippen molar-refractivity contribution in [3.63, 3.8) is 0 Å². The average molecular weight is 513 g/mol. The van der Waals surface area contributed by atoms with Gasteiger partial charge in [0.2, 0.25) is 0 Å². The zero-order valence-electron chi connectivity index (χ0n) is 14.2. The highest BCUT2D eigenvalue weighted by Gasteiger charge is 2.09. The SMILES string of the molecule is CCN(CC#CCF)CCNC(=O)c1cnc2cc(I)ccc2n1.Cl.Cl. The summed E-state index contributed by atoms with van der Waals surface area (Å²) in [4.78, 5) is 22.8. The minimum absolute atomic E-state index is 0. The molecule has 0 fully saturated rings. The summed E-state index contributed by atoms with van der Waals surface area (Å²) in [6, 6.07) is 5.70. The van der Waals surface area contributed by atoms with Crippen LogP contribution >= 0.6 is 47.4 Å². The van der Waals surface area contributed by atoms with Crippen molar-refractivity contribution in [1.29, 1.82) is 0 Å². The maximum atomic E-state index is 12.2. The molecule has 0 aliphatic carbocycles. The molecule has 2 aromatic rings. The number of hydrogen-bond donors (Lipinski definition) is 1. The van der Waals surface area contributed by atoms with Crippen LogP contribution in [0.25, 0.3) is 11.0 Å². The van der Waals surface area contributed by atoms with E-state index in [0.717, 1.165) is 15.6 Å². The number of nitrogens with one attached hydrogen (secondary N) is 1. The van der Waals surface area contributed by atoms with Gasteiger partial charge in [0.15, 0.2) is 0 Å². The molecule has 0 aliphatic heterocycles. The van der Waals surface area contributed by atoms with E-state index in [1.165, 1.54) is 6.20 Å². The van der Waals surface area contributed by atoms with Crippen molar-refractivity contribution in [2.24, 2.45) is 0 Å². The van der Waals surface area contributed by atoms with Crippen molar-refractivity contribution in [3.8, 4) is 11.8 Å². The second-order valence-electron chi connectivity index (χ2n) is 5.00. The normalized spacial score (nSPS) is 9.69. The molecule has 1 aromatic heterocycles. The molecule has 26 heavy (non-hydrogen) atoms. The van der Waals surface area contributed by atoms with E-state index in [0.29, 0.717) is 30.8 Å². The molecule has 1 aromatic carbocycles. The van der Waals surface area contributed by atoms with Gasteiger partial charge in [-0.1, -0.05) is 18.8 Å². The van der Waals surface area contributed by atoms with Gasteiger partial charge < -0.3 is 5.32 Å². The van der Waals surface area contributed by atoms with Crippen LogP contribution in [0, 0.1) is 15.4 Å². The van der Waals surface area contributed by atoms with Crippen LogP contribution in [0.5, 0.6) is 0 Å². The minimum Gasteiger partial charge on any atom is -0.349 e. The van der Waals surface area contributed by atoms with Crippen molar-refractivity contribution in [3.05, 3.63) is 33.7 Å². The fraction of sp³-hybridized carbons (Fsp3) is 0.353. The first-order valence-corrected chi connectivity index (χ1v) is 8.66. The van der Waals surface area contributed by atoms with Crippen molar-refractivity contribution >= 4 is 64.3 Å². The molecule has 1 N–H and O–H groups in total.